The van der Waals surface area contributed by atoms with E-state index in [-0.39, 0.29) is 6.61 Å². The molecule has 0 aromatic heterocycles. The van der Waals surface area contributed by atoms with Crippen LogP contribution >= 0.6 is 0 Å². The molecule has 216 valence electrons. The highest BCUT2D eigenvalue weighted by molar-refractivity contribution is 6.02. The van der Waals surface area contributed by atoms with Crippen LogP contribution in [0.1, 0.15) is 51.0 Å². The summed E-state index contributed by atoms with van der Waals surface area (Å²) in [5.74, 6) is -3.15. The highest BCUT2D eigenvalue weighted by Gasteiger charge is 2.45. The molecule has 0 bridgehead atoms. The lowest BCUT2D eigenvalue weighted by atomic mass is 9.84. The van der Waals surface area contributed by atoms with Gasteiger partial charge in [-0.1, -0.05) is 61.7 Å². The Morgan fingerprint density at radius 2 is 1.77 bits per heavy atom. The maximum atomic E-state index is 13.7. The number of carboxylic acids is 1. The first-order valence-electron chi connectivity index (χ1n) is 14.3. The van der Waals surface area contributed by atoms with Crippen molar-refractivity contribution in [3.63, 3.8) is 0 Å². The minimum absolute atomic E-state index is 0.174. The molecule has 2 aliphatic heterocycles. The van der Waals surface area contributed by atoms with Crippen molar-refractivity contribution in [1.82, 2.24) is 4.90 Å². The third-order valence-corrected chi connectivity index (χ3v) is 7.97. The summed E-state index contributed by atoms with van der Waals surface area (Å²) in [6.07, 6.45) is 4.32. The maximum Gasteiger partial charge on any atom is 0.323 e. The number of carbonyl (C=O) groups is 3. The van der Waals surface area contributed by atoms with Gasteiger partial charge in [-0.2, -0.15) is 0 Å². The molecular weight excluding hydrogens is 510 g/mol. The molecule has 2 aromatic carbocycles. The zero-order valence-corrected chi connectivity index (χ0v) is 23.2. The largest absolute Gasteiger partial charge is 0.480 e. The monoisotopic (exact) mass is 551 g/mol. The fourth-order valence-electron chi connectivity index (χ4n) is 5.90. The average molecular weight is 552 g/mol. The van der Waals surface area contributed by atoms with Crippen molar-refractivity contribution >= 4 is 23.5 Å². The second-order valence-electron chi connectivity index (χ2n) is 10.7. The van der Waals surface area contributed by atoms with Gasteiger partial charge in [0.05, 0.1) is 18.2 Å². The van der Waals surface area contributed by atoms with Crippen LogP contribution in [0.3, 0.4) is 0 Å². The number of para-hydroxylation sites is 2. The third-order valence-electron chi connectivity index (χ3n) is 7.97. The summed E-state index contributed by atoms with van der Waals surface area (Å²) in [5, 5.41) is 9.51. The van der Waals surface area contributed by atoms with Gasteiger partial charge < -0.3 is 14.6 Å². The number of ether oxygens (including phenoxy) is 2. The summed E-state index contributed by atoms with van der Waals surface area (Å²) >= 11 is 0. The predicted octanol–water partition coefficient (Wildman–Crippen LogP) is 4.05. The first-order valence-corrected chi connectivity index (χ1v) is 14.3. The molecule has 2 unspecified atom stereocenters. The number of carboxylic acid groups (broad SMARTS) is 1. The third kappa shape index (κ3) is 7.61. The Morgan fingerprint density at radius 3 is 2.48 bits per heavy atom. The lowest BCUT2D eigenvalue weighted by Crippen LogP contribution is -2.51. The number of benzene rings is 2. The predicted molar refractivity (Wildman–Crippen MR) is 152 cm³/mol. The van der Waals surface area contributed by atoms with E-state index in [1.807, 2.05) is 6.07 Å². The molecule has 0 radical (unpaired) electrons. The molecule has 1 fully saturated rings. The Bertz CT molecular complexity index is 1130. The number of nitrogens with two attached hydrogens (primary N) is 1. The van der Waals surface area contributed by atoms with Crippen molar-refractivity contribution in [2.24, 2.45) is 23.5 Å². The van der Waals surface area contributed by atoms with Crippen LogP contribution in [0.15, 0.2) is 54.6 Å². The molecule has 0 saturated carbocycles. The van der Waals surface area contributed by atoms with E-state index in [4.69, 9.17) is 15.2 Å². The number of aliphatic carboxylic acids is 1. The number of amides is 1. The van der Waals surface area contributed by atoms with Gasteiger partial charge in [0.1, 0.15) is 18.2 Å². The van der Waals surface area contributed by atoms with Gasteiger partial charge in [-0.25, -0.2) is 0 Å². The summed E-state index contributed by atoms with van der Waals surface area (Å²) in [4.78, 5) is 42.1. The Morgan fingerprint density at radius 1 is 1.07 bits per heavy atom. The molecule has 9 nitrogen and oxygen atoms in total. The van der Waals surface area contributed by atoms with Gasteiger partial charge in [0.25, 0.3) is 0 Å². The molecule has 1 saturated heterocycles. The molecule has 3 atom stereocenters. The smallest absolute Gasteiger partial charge is 0.323 e. The summed E-state index contributed by atoms with van der Waals surface area (Å²) in [6.45, 7) is 4.47. The van der Waals surface area contributed by atoms with E-state index >= 15 is 0 Å². The summed E-state index contributed by atoms with van der Waals surface area (Å²) in [7, 11) is 0. The van der Waals surface area contributed by atoms with Crippen LogP contribution in [0.25, 0.3) is 0 Å². The normalized spacial score (nSPS) is 20.8. The summed E-state index contributed by atoms with van der Waals surface area (Å²) in [6, 6.07) is 17.2. The van der Waals surface area contributed by atoms with Crippen molar-refractivity contribution in [3.8, 4) is 5.75 Å². The lowest BCUT2D eigenvalue weighted by Gasteiger charge is -2.32. The molecule has 2 heterocycles. The topological polar surface area (TPSA) is 122 Å². The molecule has 4 rings (SSSR count). The van der Waals surface area contributed by atoms with Gasteiger partial charge in [-0.05, 0) is 62.9 Å². The van der Waals surface area contributed by atoms with Gasteiger partial charge in [0.2, 0.25) is 5.91 Å². The van der Waals surface area contributed by atoms with Gasteiger partial charge in [0.15, 0.2) is 6.23 Å². The number of anilines is 1. The number of esters is 1. The Labute approximate surface area is 236 Å². The second-order valence-corrected chi connectivity index (χ2v) is 10.7. The van der Waals surface area contributed by atoms with Crippen LogP contribution in [-0.2, 0) is 25.7 Å². The second kappa shape index (κ2) is 14.3. The van der Waals surface area contributed by atoms with Crippen LogP contribution in [0.2, 0.25) is 0 Å². The number of hydrogen-bond acceptors (Lipinski definition) is 7. The van der Waals surface area contributed by atoms with Gasteiger partial charge in [-0.15, -0.1) is 0 Å². The number of fused-ring (bicyclic) bond motifs is 1. The number of unbranched alkanes of at least 4 members (excludes halogenated alkanes) is 1. The Kier molecular flexibility index (Phi) is 10.5. The van der Waals surface area contributed by atoms with E-state index in [0.717, 1.165) is 56.6 Å². The van der Waals surface area contributed by atoms with E-state index in [2.05, 4.69) is 29.2 Å². The van der Waals surface area contributed by atoms with Gasteiger partial charge >= 0.3 is 11.9 Å². The molecule has 40 heavy (non-hydrogen) atoms. The molecule has 3 N–H and O–H groups in total. The van der Waals surface area contributed by atoms with Gasteiger partial charge in [-0.3, -0.25) is 29.9 Å². The molecule has 0 spiro atoms. The number of hydrogen-bond donors (Lipinski definition) is 2. The standard InChI is InChI=1S/C31H41N3O6/c1-2-39-31(38)24(13-7-6-10-22-16-18-33(19-17-22)20-23-11-4-3-5-12-23)28-29(32)40-26-15-9-8-14-25(26)34(30(28)37)21-27(35)36/h3-5,8-9,11-12,14-15,22,24,28-29H,2,6-7,10,13,16-21,32H2,1H3,(H,35,36)/t24?,28-,29?/m0/s1. The molecule has 2 aromatic rings. The minimum atomic E-state index is -1.17. The van der Waals surface area contributed by atoms with Crippen LogP contribution in [0.4, 0.5) is 5.69 Å². The maximum absolute atomic E-state index is 13.7. The Hall–Kier alpha value is -3.43. The quantitative estimate of drug-likeness (QED) is 0.299. The van der Waals surface area contributed by atoms with Crippen molar-refractivity contribution in [1.29, 1.82) is 0 Å². The van der Waals surface area contributed by atoms with Gasteiger partial charge in [0, 0.05) is 6.54 Å². The first kappa shape index (κ1) is 29.6. The number of rotatable bonds is 12. The fourth-order valence-corrected chi connectivity index (χ4v) is 5.90. The number of piperidine rings is 1. The molecule has 0 aliphatic carbocycles. The van der Waals surface area contributed by atoms with E-state index < -0.39 is 42.5 Å². The number of likely N-dealkylation sites (tertiary alicyclic amines) is 1. The summed E-state index contributed by atoms with van der Waals surface area (Å²) in [5.41, 5.74) is 8.04. The van der Waals surface area contributed by atoms with Crippen LogP contribution in [-0.4, -0.2) is 60.3 Å². The zero-order chi connectivity index (χ0) is 28.5. The lowest BCUT2D eigenvalue weighted by molar-refractivity contribution is -0.155. The van der Waals surface area contributed by atoms with Crippen LogP contribution in [0.5, 0.6) is 5.75 Å². The number of nitrogens with zero attached hydrogens (tertiary/aromatic N) is 2. The first-order chi connectivity index (χ1) is 19.4. The van der Waals surface area contributed by atoms with Crippen molar-refractivity contribution < 1.29 is 29.0 Å². The van der Waals surface area contributed by atoms with E-state index in [1.165, 1.54) is 5.56 Å². The fraction of sp³-hybridized carbons (Fsp3) is 0.516. The van der Waals surface area contributed by atoms with Crippen molar-refractivity contribution in [3.05, 3.63) is 60.2 Å². The van der Waals surface area contributed by atoms with E-state index in [1.54, 1.807) is 31.2 Å². The van der Waals surface area contributed by atoms with Crippen LogP contribution in [0, 0.1) is 17.8 Å². The molecule has 9 heteroatoms. The SMILES string of the molecule is CCOC(=O)C(CCCCC1CCN(Cc2ccccc2)CC1)[C@@H]1C(=O)N(CC(=O)O)c2ccccc2OC1N. The molecule has 2 aliphatic rings. The minimum Gasteiger partial charge on any atom is -0.480 e. The summed E-state index contributed by atoms with van der Waals surface area (Å²) < 4.78 is 11.3. The molecular formula is C31H41N3O6. The Balaban J connectivity index is 1.36. The average Bonchev–Trinajstić information content (AvgIpc) is 3.04. The zero-order valence-electron chi connectivity index (χ0n) is 23.2. The highest BCUT2D eigenvalue weighted by atomic mass is 16.5. The van der Waals surface area contributed by atoms with Crippen molar-refractivity contribution in [2.75, 3.05) is 31.1 Å². The molecule has 1 amide bonds. The van der Waals surface area contributed by atoms with Crippen molar-refractivity contribution in [2.45, 2.75) is 58.2 Å². The number of carbonyl (C=O) groups excluding carboxylic acids is 2. The highest BCUT2D eigenvalue weighted by Crippen LogP contribution is 2.37. The van der Waals surface area contributed by atoms with E-state index in [0.29, 0.717) is 23.8 Å². The van der Waals surface area contributed by atoms with E-state index in [9.17, 15) is 19.5 Å². The van der Waals surface area contributed by atoms with Crippen LogP contribution < -0.4 is 15.4 Å².